The summed E-state index contributed by atoms with van der Waals surface area (Å²) >= 11 is 0.196. The molecule has 0 N–H and O–H groups in total. The summed E-state index contributed by atoms with van der Waals surface area (Å²) in [6.07, 6.45) is 6.90. The summed E-state index contributed by atoms with van der Waals surface area (Å²) in [7, 11) is 1.90. The molecule has 1 aliphatic carbocycles. The summed E-state index contributed by atoms with van der Waals surface area (Å²) in [5.74, 6) is 0. The van der Waals surface area contributed by atoms with Crippen molar-refractivity contribution in [3.8, 4) is 4.97 Å². The van der Waals surface area contributed by atoms with E-state index in [2.05, 4.69) is 4.97 Å². The first kappa shape index (κ1) is 8.46. The molecule has 10 heavy (non-hydrogen) atoms. The van der Waals surface area contributed by atoms with Gasteiger partial charge in [-0.05, 0) is 0 Å². The molecular weight excluding hydrogens is 209 g/mol. The zero-order chi connectivity index (χ0) is 7.23. The molecule has 0 bridgehead atoms. The van der Waals surface area contributed by atoms with Gasteiger partial charge in [0.15, 0.2) is 0 Å². The Labute approximate surface area is 71.8 Å². The Kier molecular flexibility index (Phi) is 4.29. The minimum absolute atomic E-state index is 0.196. The molecule has 0 aliphatic heterocycles. The second kappa shape index (κ2) is 5.07. The van der Waals surface area contributed by atoms with E-state index in [9.17, 15) is 0 Å². The van der Waals surface area contributed by atoms with E-state index in [1.807, 2.05) is 10.2 Å². The first-order valence-corrected chi connectivity index (χ1v) is 7.41. The van der Waals surface area contributed by atoms with Crippen LogP contribution in [0.4, 0.5) is 0 Å². The molecule has 0 aromatic carbocycles. The zero-order valence-electron chi connectivity index (χ0n) is 5.88. The molecule has 1 fully saturated rings. The van der Waals surface area contributed by atoms with Crippen LogP contribution < -0.4 is 0 Å². The van der Waals surface area contributed by atoms with Crippen molar-refractivity contribution >= 4 is 24.0 Å². The van der Waals surface area contributed by atoms with Gasteiger partial charge < -0.3 is 0 Å². The van der Waals surface area contributed by atoms with Crippen LogP contribution in [-0.4, -0.2) is 19.1 Å². The van der Waals surface area contributed by atoms with Gasteiger partial charge in [-0.25, -0.2) is 0 Å². The monoisotopic (exact) mass is 221 g/mol. The third-order valence-electron chi connectivity index (χ3n) is 1.77. The van der Waals surface area contributed by atoms with Crippen LogP contribution in [0.5, 0.6) is 0 Å². The molecule has 0 heterocycles. The molecule has 0 atom stereocenters. The first-order valence-electron chi connectivity index (χ1n) is 3.65. The molecular formula is C7H11NSSe. The normalized spacial score (nSPS) is 20.3. The van der Waals surface area contributed by atoms with E-state index in [1.165, 1.54) is 32.1 Å². The van der Waals surface area contributed by atoms with Crippen molar-refractivity contribution < 1.29 is 0 Å². The second-order valence-electron chi connectivity index (χ2n) is 2.53. The summed E-state index contributed by atoms with van der Waals surface area (Å²) in [6, 6.07) is 0. The third kappa shape index (κ3) is 2.96. The molecule has 0 saturated heterocycles. The molecule has 1 rings (SSSR count). The fourth-order valence-electron chi connectivity index (χ4n) is 1.25. The van der Waals surface area contributed by atoms with Crippen molar-refractivity contribution in [1.29, 1.82) is 5.26 Å². The summed E-state index contributed by atoms with van der Waals surface area (Å²) in [5, 5.41) is 9.18. The van der Waals surface area contributed by atoms with Crippen LogP contribution in [0.3, 0.4) is 0 Å². The molecule has 0 unspecified atom stereocenters. The topological polar surface area (TPSA) is 23.8 Å². The van der Waals surface area contributed by atoms with E-state index < -0.39 is 0 Å². The molecule has 1 nitrogen and oxygen atoms in total. The van der Waals surface area contributed by atoms with Crippen LogP contribution in [0.15, 0.2) is 0 Å². The Morgan fingerprint density at radius 3 is 2.60 bits per heavy atom. The van der Waals surface area contributed by atoms with Gasteiger partial charge in [0, 0.05) is 0 Å². The van der Waals surface area contributed by atoms with E-state index in [4.69, 9.17) is 5.26 Å². The number of hydrogen-bond acceptors (Lipinski definition) is 2. The Morgan fingerprint density at radius 2 is 2.00 bits per heavy atom. The fraction of sp³-hybridized carbons (Fsp3) is 0.857. The SMILES string of the molecule is N#C[Se]SC1CCCCC1. The molecule has 1 saturated carbocycles. The predicted molar refractivity (Wildman–Crippen MR) is 45.8 cm³/mol. The Balaban J connectivity index is 2.09. The van der Waals surface area contributed by atoms with E-state index in [-0.39, 0.29) is 13.8 Å². The first-order chi connectivity index (χ1) is 4.93. The van der Waals surface area contributed by atoms with Crippen LogP contribution in [0.25, 0.3) is 0 Å². The molecule has 0 radical (unpaired) electrons. The van der Waals surface area contributed by atoms with Gasteiger partial charge in [0.1, 0.15) is 0 Å². The maximum atomic E-state index is 8.35. The Hall–Kier alpha value is 0.359. The van der Waals surface area contributed by atoms with Crippen molar-refractivity contribution in [1.82, 2.24) is 0 Å². The van der Waals surface area contributed by atoms with E-state index in [0.29, 0.717) is 0 Å². The molecule has 0 amide bonds. The summed E-state index contributed by atoms with van der Waals surface area (Å²) in [4.78, 5) is 2.24. The molecule has 56 valence electrons. The molecule has 1 aliphatic rings. The van der Waals surface area contributed by atoms with E-state index in [1.54, 1.807) is 0 Å². The number of nitriles is 1. The van der Waals surface area contributed by atoms with Crippen molar-refractivity contribution in [2.24, 2.45) is 0 Å². The standard InChI is InChI=1S/C7H11NSSe/c8-6-10-9-7-4-2-1-3-5-7/h7H,1-5H2. The zero-order valence-corrected chi connectivity index (χ0v) is 8.41. The van der Waals surface area contributed by atoms with Crippen LogP contribution in [0, 0.1) is 10.2 Å². The van der Waals surface area contributed by atoms with Crippen LogP contribution >= 0.6 is 10.2 Å². The van der Waals surface area contributed by atoms with Gasteiger partial charge in [-0.3, -0.25) is 0 Å². The van der Waals surface area contributed by atoms with Gasteiger partial charge in [0.2, 0.25) is 0 Å². The molecule has 3 heteroatoms. The summed E-state index contributed by atoms with van der Waals surface area (Å²) in [6.45, 7) is 0. The van der Waals surface area contributed by atoms with Gasteiger partial charge in [0.05, 0.1) is 0 Å². The Bertz CT molecular complexity index is 126. The number of hydrogen-bond donors (Lipinski definition) is 0. The predicted octanol–water partition coefficient (Wildman–Crippen LogP) is 2.15. The van der Waals surface area contributed by atoms with Crippen molar-refractivity contribution in [3.63, 3.8) is 0 Å². The minimum atomic E-state index is 0.196. The summed E-state index contributed by atoms with van der Waals surface area (Å²) in [5.41, 5.74) is 0. The average molecular weight is 220 g/mol. The quantitative estimate of drug-likeness (QED) is 0.666. The van der Waals surface area contributed by atoms with Crippen molar-refractivity contribution in [3.05, 3.63) is 0 Å². The van der Waals surface area contributed by atoms with E-state index >= 15 is 0 Å². The maximum absolute atomic E-state index is 8.35. The van der Waals surface area contributed by atoms with Crippen molar-refractivity contribution in [2.45, 2.75) is 37.4 Å². The van der Waals surface area contributed by atoms with Crippen LogP contribution in [0.1, 0.15) is 32.1 Å². The second-order valence-corrected chi connectivity index (χ2v) is 6.20. The van der Waals surface area contributed by atoms with Gasteiger partial charge in [-0.2, -0.15) is 0 Å². The number of rotatable bonds is 2. The van der Waals surface area contributed by atoms with Gasteiger partial charge in [-0.15, -0.1) is 0 Å². The van der Waals surface area contributed by atoms with Crippen LogP contribution in [-0.2, 0) is 0 Å². The van der Waals surface area contributed by atoms with E-state index in [0.717, 1.165) is 5.25 Å². The van der Waals surface area contributed by atoms with Crippen molar-refractivity contribution in [2.75, 3.05) is 0 Å². The molecule has 0 aromatic heterocycles. The van der Waals surface area contributed by atoms with Gasteiger partial charge in [-0.1, -0.05) is 0 Å². The van der Waals surface area contributed by atoms with Gasteiger partial charge >= 0.3 is 71.6 Å². The average Bonchev–Trinajstić information content (AvgIpc) is 2.03. The Morgan fingerprint density at radius 1 is 1.30 bits per heavy atom. The fourth-order valence-corrected chi connectivity index (χ4v) is 4.29. The molecule has 0 aromatic rings. The third-order valence-corrected chi connectivity index (χ3v) is 5.48. The van der Waals surface area contributed by atoms with Gasteiger partial charge in [0.25, 0.3) is 0 Å². The summed E-state index contributed by atoms with van der Waals surface area (Å²) < 4.78 is 0. The van der Waals surface area contributed by atoms with Crippen LogP contribution in [0.2, 0.25) is 0 Å². The molecule has 0 spiro atoms. The number of nitrogens with zero attached hydrogens (tertiary/aromatic N) is 1.